The molecule has 130 valence electrons. The van der Waals surface area contributed by atoms with Crippen molar-refractivity contribution in [2.24, 2.45) is 0 Å². The van der Waals surface area contributed by atoms with Crippen LogP contribution in [0.15, 0.2) is 42.6 Å². The molecule has 1 amide bonds. The zero-order valence-corrected chi connectivity index (χ0v) is 14.8. The fourth-order valence-corrected chi connectivity index (χ4v) is 4.41. The van der Waals surface area contributed by atoms with Crippen LogP contribution in [0.3, 0.4) is 0 Å². The number of carbonyl (C=O) groups excluding carboxylic acids is 1. The minimum atomic E-state index is -0.376. The molecule has 5 nitrogen and oxygen atoms in total. The van der Waals surface area contributed by atoms with Gasteiger partial charge in [-0.25, -0.2) is 9.97 Å². The van der Waals surface area contributed by atoms with Crippen LogP contribution in [0.2, 0.25) is 0 Å². The maximum absolute atomic E-state index is 13.2. The van der Waals surface area contributed by atoms with Crippen LogP contribution >= 0.6 is 0 Å². The molecule has 0 radical (unpaired) electrons. The summed E-state index contributed by atoms with van der Waals surface area (Å²) >= 11 is 0. The number of nitrogens with zero attached hydrogens (tertiary/aromatic N) is 3. The molecule has 0 N–H and O–H groups in total. The van der Waals surface area contributed by atoms with Gasteiger partial charge in [-0.1, -0.05) is 24.6 Å². The highest BCUT2D eigenvalue weighted by atomic mass is 16.5. The topological polar surface area (TPSA) is 55.3 Å². The summed E-state index contributed by atoms with van der Waals surface area (Å²) in [4.78, 5) is 24.1. The Morgan fingerprint density at radius 1 is 1.19 bits per heavy atom. The lowest BCUT2D eigenvalue weighted by molar-refractivity contribution is -0.125. The number of likely N-dealkylation sites (N-methyl/N-ethyl adjacent to an activating group) is 1. The summed E-state index contributed by atoms with van der Waals surface area (Å²) in [6.45, 7) is 0. The van der Waals surface area contributed by atoms with Gasteiger partial charge < -0.3 is 9.64 Å². The van der Waals surface area contributed by atoms with Crippen LogP contribution < -0.4 is 9.64 Å². The molecule has 3 heterocycles. The van der Waals surface area contributed by atoms with Gasteiger partial charge in [0.15, 0.2) is 0 Å². The third kappa shape index (κ3) is 1.83. The molecule has 1 aliphatic heterocycles. The zero-order chi connectivity index (χ0) is 17.9. The van der Waals surface area contributed by atoms with Crippen molar-refractivity contribution in [3.8, 4) is 17.1 Å². The molecule has 2 aromatic heterocycles. The second-order valence-corrected chi connectivity index (χ2v) is 7.09. The van der Waals surface area contributed by atoms with E-state index in [1.54, 1.807) is 18.2 Å². The van der Waals surface area contributed by atoms with Gasteiger partial charge in [0.2, 0.25) is 11.8 Å². The van der Waals surface area contributed by atoms with E-state index in [0.717, 1.165) is 52.7 Å². The molecule has 5 heteroatoms. The van der Waals surface area contributed by atoms with Gasteiger partial charge in [-0.3, -0.25) is 4.79 Å². The second kappa shape index (κ2) is 5.27. The summed E-state index contributed by atoms with van der Waals surface area (Å²) < 4.78 is 5.29. The minimum absolute atomic E-state index is 0.194. The van der Waals surface area contributed by atoms with E-state index in [1.165, 1.54) is 0 Å². The van der Waals surface area contributed by atoms with Gasteiger partial charge in [0.05, 0.1) is 29.4 Å². The number of methoxy groups -OCH3 is 1. The number of hydrogen-bond acceptors (Lipinski definition) is 4. The van der Waals surface area contributed by atoms with E-state index < -0.39 is 0 Å². The third-order valence-corrected chi connectivity index (χ3v) is 5.82. The lowest BCUT2D eigenvalue weighted by atomic mass is 9.64. The summed E-state index contributed by atoms with van der Waals surface area (Å²) in [5.74, 6) is 0.732. The summed E-state index contributed by atoms with van der Waals surface area (Å²) in [5.41, 5.74) is 4.35. The summed E-state index contributed by atoms with van der Waals surface area (Å²) in [6, 6.07) is 11.9. The van der Waals surface area contributed by atoms with Gasteiger partial charge in [-0.15, -0.1) is 0 Å². The molecule has 1 aromatic carbocycles. The molecular weight excluding hydrogens is 326 g/mol. The van der Waals surface area contributed by atoms with Gasteiger partial charge in [-0.05, 0) is 25.0 Å². The van der Waals surface area contributed by atoms with E-state index in [4.69, 9.17) is 9.72 Å². The predicted molar refractivity (Wildman–Crippen MR) is 100 cm³/mol. The SMILES string of the molecule is COc1cc(-c2nc3ccccc3c3c2N(C)C(=O)C32CCC2)ccn1. The molecule has 1 spiro atoms. The molecule has 26 heavy (non-hydrogen) atoms. The van der Waals surface area contributed by atoms with Crippen molar-refractivity contribution >= 4 is 22.5 Å². The second-order valence-electron chi connectivity index (χ2n) is 7.09. The largest absolute Gasteiger partial charge is 0.481 e. The average Bonchev–Trinajstić information content (AvgIpc) is 2.89. The third-order valence-electron chi connectivity index (χ3n) is 5.82. The Hall–Kier alpha value is -2.95. The molecule has 0 saturated heterocycles. The van der Waals surface area contributed by atoms with Crippen molar-refractivity contribution < 1.29 is 9.53 Å². The Bertz CT molecular complexity index is 1060. The maximum atomic E-state index is 13.2. The van der Waals surface area contributed by atoms with E-state index in [9.17, 15) is 4.79 Å². The highest BCUT2D eigenvalue weighted by Gasteiger charge is 2.55. The van der Waals surface area contributed by atoms with Gasteiger partial charge in [0, 0.05) is 35.8 Å². The number of aromatic nitrogens is 2. The van der Waals surface area contributed by atoms with Crippen molar-refractivity contribution in [2.75, 3.05) is 19.1 Å². The first-order valence-electron chi connectivity index (χ1n) is 8.87. The normalized spacial score (nSPS) is 17.5. The number of hydrogen-bond donors (Lipinski definition) is 0. The Labute approximate surface area is 151 Å². The maximum Gasteiger partial charge on any atom is 0.237 e. The highest BCUT2D eigenvalue weighted by Crippen LogP contribution is 2.57. The standard InChI is InChI=1S/C21H19N3O2/c1-24-19-17(21(20(24)25)9-5-10-21)14-6-3-4-7-15(14)23-18(19)13-8-11-22-16(12-13)26-2/h3-4,6-8,11-12H,5,9-10H2,1-2H3. The van der Waals surface area contributed by atoms with Crippen LogP contribution in [-0.4, -0.2) is 30.0 Å². The lowest BCUT2D eigenvalue weighted by Gasteiger charge is -2.37. The van der Waals surface area contributed by atoms with Crippen molar-refractivity contribution in [3.63, 3.8) is 0 Å². The number of ether oxygens (including phenoxy) is 1. The molecule has 5 rings (SSSR count). The Morgan fingerprint density at radius 2 is 2.00 bits per heavy atom. The van der Waals surface area contributed by atoms with Crippen LogP contribution in [0.25, 0.3) is 22.2 Å². The first-order valence-corrected chi connectivity index (χ1v) is 8.87. The number of anilines is 1. The molecular formula is C21H19N3O2. The quantitative estimate of drug-likeness (QED) is 0.710. The van der Waals surface area contributed by atoms with Crippen LogP contribution in [0.4, 0.5) is 5.69 Å². The van der Waals surface area contributed by atoms with Crippen LogP contribution in [0, 0.1) is 0 Å². The molecule has 0 bridgehead atoms. The molecule has 1 saturated carbocycles. The van der Waals surface area contributed by atoms with E-state index in [1.807, 2.05) is 37.4 Å². The molecule has 0 atom stereocenters. The first kappa shape index (κ1) is 15.3. The Kier molecular flexibility index (Phi) is 3.11. The predicted octanol–water partition coefficient (Wildman–Crippen LogP) is 3.70. The number of rotatable bonds is 2. The van der Waals surface area contributed by atoms with Gasteiger partial charge in [-0.2, -0.15) is 0 Å². The number of fused-ring (bicyclic) bond motifs is 4. The smallest absolute Gasteiger partial charge is 0.237 e. The minimum Gasteiger partial charge on any atom is -0.481 e. The summed E-state index contributed by atoms with van der Waals surface area (Å²) in [7, 11) is 3.47. The molecule has 0 unspecified atom stereocenters. The summed E-state index contributed by atoms with van der Waals surface area (Å²) in [6.07, 6.45) is 4.63. The van der Waals surface area contributed by atoms with Gasteiger partial charge in [0.25, 0.3) is 0 Å². The summed E-state index contributed by atoms with van der Waals surface area (Å²) in [5, 5.41) is 1.09. The van der Waals surface area contributed by atoms with E-state index in [2.05, 4.69) is 11.1 Å². The van der Waals surface area contributed by atoms with E-state index in [-0.39, 0.29) is 11.3 Å². The van der Waals surface area contributed by atoms with Crippen LogP contribution in [0.5, 0.6) is 5.88 Å². The number of para-hydroxylation sites is 1. The van der Waals surface area contributed by atoms with E-state index in [0.29, 0.717) is 5.88 Å². The first-order chi connectivity index (χ1) is 12.7. The van der Waals surface area contributed by atoms with Crippen molar-refractivity contribution in [1.29, 1.82) is 0 Å². The number of benzene rings is 1. The van der Waals surface area contributed by atoms with Crippen LogP contribution in [0.1, 0.15) is 24.8 Å². The number of pyridine rings is 2. The number of carbonyl (C=O) groups is 1. The Balaban J connectivity index is 1.88. The average molecular weight is 345 g/mol. The van der Waals surface area contributed by atoms with Crippen LogP contribution in [-0.2, 0) is 10.2 Å². The lowest BCUT2D eigenvalue weighted by Crippen LogP contribution is -2.43. The van der Waals surface area contributed by atoms with Gasteiger partial charge in [0.1, 0.15) is 0 Å². The molecule has 2 aliphatic rings. The van der Waals surface area contributed by atoms with Crippen molar-refractivity contribution in [1.82, 2.24) is 9.97 Å². The van der Waals surface area contributed by atoms with Crippen molar-refractivity contribution in [3.05, 3.63) is 48.2 Å². The monoisotopic (exact) mass is 345 g/mol. The fourth-order valence-electron chi connectivity index (χ4n) is 4.41. The number of amides is 1. The molecule has 3 aromatic rings. The molecule has 1 aliphatic carbocycles. The highest BCUT2D eigenvalue weighted by molar-refractivity contribution is 6.15. The van der Waals surface area contributed by atoms with Crippen molar-refractivity contribution in [2.45, 2.75) is 24.7 Å². The zero-order valence-electron chi connectivity index (χ0n) is 14.8. The van der Waals surface area contributed by atoms with E-state index >= 15 is 0 Å². The Morgan fingerprint density at radius 3 is 2.73 bits per heavy atom. The molecule has 1 fully saturated rings. The van der Waals surface area contributed by atoms with Gasteiger partial charge >= 0.3 is 0 Å². The fraction of sp³-hybridized carbons (Fsp3) is 0.286.